The van der Waals surface area contributed by atoms with Gasteiger partial charge >= 0.3 is 5.97 Å². The number of fused-ring (bicyclic) bond motifs is 1. The molecule has 0 spiro atoms. The zero-order valence-corrected chi connectivity index (χ0v) is 14.9. The van der Waals surface area contributed by atoms with E-state index in [0.29, 0.717) is 29.0 Å². The second-order valence-corrected chi connectivity index (χ2v) is 4.80. The number of allylic oxidation sites excluding steroid dienone is 1. The van der Waals surface area contributed by atoms with E-state index in [1.807, 2.05) is 13.8 Å². The van der Waals surface area contributed by atoms with Crippen molar-refractivity contribution in [2.24, 2.45) is 9.98 Å². The maximum atomic E-state index is 11.1. The van der Waals surface area contributed by atoms with E-state index in [-0.39, 0.29) is 10.6 Å². The summed E-state index contributed by atoms with van der Waals surface area (Å²) in [5.41, 5.74) is 1.63. The molecule has 8 heteroatoms. The van der Waals surface area contributed by atoms with Crippen molar-refractivity contribution in [3.05, 3.63) is 34.4 Å². The topological polar surface area (TPSA) is 92.7 Å². The Kier molecular flexibility index (Phi) is 7.26. The van der Waals surface area contributed by atoms with Crippen LogP contribution in [0.1, 0.15) is 36.8 Å². The Balaban J connectivity index is 0.00000139. The van der Waals surface area contributed by atoms with Crippen LogP contribution in [0.4, 0.5) is 0 Å². The van der Waals surface area contributed by atoms with E-state index in [1.165, 1.54) is 6.20 Å². The van der Waals surface area contributed by atoms with Crippen LogP contribution in [-0.4, -0.2) is 38.8 Å². The summed E-state index contributed by atoms with van der Waals surface area (Å²) >= 11 is 6.16. The van der Waals surface area contributed by atoms with Gasteiger partial charge in [-0.2, -0.15) is 5.10 Å². The SMILES string of the molecule is C=N/C(=C\N=CC)Cn1nc(C)c2c(Cl)c(C(=O)O)cnc21.CC. The van der Waals surface area contributed by atoms with E-state index >= 15 is 0 Å². The molecule has 2 aromatic rings. The largest absolute Gasteiger partial charge is 0.478 e. The maximum Gasteiger partial charge on any atom is 0.338 e. The number of carboxylic acid groups (broad SMARTS) is 1. The molecule has 0 unspecified atom stereocenters. The second-order valence-electron chi connectivity index (χ2n) is 4.42. The number of hydrogen-bond acceptors (Lipinski definition) is 5. The molecule has 0 amide bonds. The first-order valence-corrected chi connectivity index (χ1v) is 7.75. The molecule has 0 aliphatic rings. The Bertz CT molecular complexity index is 808. The number of pyridine rings is 1. The fourth-order valence-electron chi connectivity index (χ4n) is 1.98. The predicted octanol–water partition coefficient (Wildman–Crippen LogP) is 3.75. The Morgan fingerprint density at radius 1 is 1.50 bits per heavy atom. The van der Waals surface area contributed by atoms with Gasteiger partial charge in [-0.05, 0) is 20.6 Å². The van der Waals surface area contributed by atoms with E-state index in [9.17, 15) is 4.79 Å². The third kappa shape index (κ3) is 4.05. The molecular formula is C16H20ClN5O2. The van der Waals surface area contributed by atoms with Crippen molar-refractivity contribution in [3.8, 4) is 0 Å². The molecule has 0 atom stereocenters. The van der Waals surface area contributed by atoms with Crippen LogP contribution in [0.2, 0.25) is 5.02 Å². The number of halogens is 1. The van der Waals surface area contributed by atoms with Crippen molar-refractivity contribution < 1.29 is 9.90 Å². The van der Waals surface area contributed by atoms with Gasteiger partial charge in [-0.1, -0.05) is 25.4 Å². The lowest BCUT2D eigenvalue weighted by Crippen LogP contribution is -2.04. The van der Waals surface area contributed by atoms with Crippen molar-refractivity contribution in [1.82, 2.24) is 14.8 Å². The molecule has 24 heavy (non-hydrogen) atoms. The van der Waals surface area contributed by atoms with Gasteiger partial charge in [0.2, 0.25) is 0 Å². The maximum absolute atomic E-state index is 11.1. The summed E-state index contributed by atoms with van der Waals surface area (Å²) in [5, 5.41) is 14.1. The van der Waals surface area contributed by atoms with Gasteiger partial charge in [0.25, 0.3) is 0 Å². The number of nitrogens with zero attached hydrogens (tertiary/aromatic N) is 5. The normalized spacial score (nSPS) is 11.5. The molecular weight excluding hydrogens is 330 g/mol. The molecule has 2 aromatic heterocycles. The molecule has 2 rings (SSSR count). The van der Waals surface area contributed by atoms with Crippen LogP contribution in [0.3, 0.4) is 0 Å². The number of aryl methyl sites for hydroxylation is 1. The molecule has 0 saturated carbocycles. The Hall–Kier alpha value is -2.54. The number of aromatic nitrogens is 3. The minimum atomic E-state index is -1.13. The van der Waals surface area contributed by atoms with Crippen LogP contribution < -0.4 is 0 Å². The molecule has 0 radical (unpaired) electrons. The summed E-state index contributed by atoms with van der Waals surface area (Å²) in [6, 6.07) is 0. The highest BCUT2D eigenvalue weighted by Crippen LogP contribution is 2.28. The quantitative estimate of drug-likeness (QED) is 0.832. The minimum absolute atomic E-state index is 0.0509. The molecule has 0 saturated heterocycles. The van der Waals surface area contributed by atoms with Gasteiger partial charge in [-0.15, -0.1) is 0 Å². The number of carbonyl (C=O) groups is 1. The van der Waals surface area contributed by atoms with E-state index in [0.717, 1.165) is 0 Å². The van der Waals surface area contributed by atoms with Gasteiger partial charge in [0.05, 0.1) is 33.9 Å². The lowest BCUT2D eigenvalue weighted by Gasteiger charge is -2.04. The first-order valence-electron chi connectivity index (χ1n) is 7.38. The number of aromatic carboxylic acids is 1. The number of hydrogen-bond donors (Lipinski definition) is 1. The van der Waals surface area contributed by atoms with Gasteiger partial charge in [0.15, 0.2) is 5.65 Å². The molecule has 0 aliphatic heterocycles. The van der Waals surface area contributed by atoms with Crippen LogP contribution in [0.25, 0.3) is 11.0 Å². The highest BCUT2D eigenvalue weighted by molar-refractivity contribution is 6.38. The molecule has 0 bridgehead atoms. The fraction of sp³-hybridized carbons (Fsp3) is 0.312. The summed E-state index contributed by atoms with van der Waals surface area (Å²) in [7, 11) is 0. The average molecular weight is 350 g/mol. The van der Waals surface area contributed by atoms with Crippen molar-refractivity contribution in [2.75, 3.05) is 0 Å². The number of carboxylic acids is 1. The van der Waals surface area contributed by atoms with Gasteiger partial charge in [0.1, 0.15) is 0 Å². The van der Waals surface area contributed by atoms with Gasteiger partial charge in [-0.3, -0.25) is 9.98 Å². The van der Waals surface area contributed by atoms with E-state index in [1.54, 1.807) is 30.9 Å². The van der Waals surface area contributed by atoms with Gasteiger partial charge in [-0.25, -0.2) is 14.5 Å². The Labute approximate surface area is 145 Å². The van der Waals surface area contributed by atoms with Gasteiger partial charge < -0.3 is 5.11 Å². The summed E-state index contributed by atoms with van der Waals surface area (Å²) < 4.78 is 1.59. The van der Waals surface area contributed by atoms with Crippen molar-refractivity contribution in [2.45, 2.75) is 34.2 Å². The Morgan fingerprint density at radius 3 is 2.71 bits per heavy atom. The van der Waals surface area contributed by atoms with Crippen LogP contribution in [0, 0.1) is 6.92 Å². The van der Waals surface area contributed by atoms with Gasteiger partial charge in [0, 0.05) is 18.6 Å². The van der Waals surface area contributed by atoms with E-state index in [4.69, 9.17) is 16.7 Å². The molecule has 0 fully saturated rings. The molecule has 0 aromatic carbocycles. The molecule has 7 nitrogen and oxygen atoms in total. The fourth-order valence-corrected chi connectivity index (χ4v) is 2.33. The van der Waals surface area contributed by atoms with Crippen LogP contribution in [0.5, 0.6) is 0 Å². The predicted molar refractivity (Wildman–Crippen MR) is 97.4 cm³/mol. The monoisotopic (exact) mass is 349 g/mol. The lowest BCUT2D eigenvalue weighted by atomic mass is 10.2. The lowest BCUT2D eigenvalue weighted by molar-refractivity contribution is 0.0697. The zero-order valence-electron chi connectivity index (χ0n) is 14.1. The van der Waals surface area contributed by atoms with E-state index < -0.39 is 5.97 Å². The smallest absolute Gasteiger partial charge is 0.338 e. The Morgan fingerprint density at radius 2 is 2.17 bits per heavy atom. The zero-order chi connectivity index (χ0) is 18.3. The minimum Gasteiger partial charge on any atom is -0.478 e. The number of rotatable bonds is 5. The summed E-state index contributed by atoms with van der Waals surface area (Å²) in [5.74, 6) is -1.13. The summed E-state index contributed by atoms with van der Waals surface area (Å²) in [6.45, 7) is 11.3. The third-order valence-electron chi connectivity index (χ3n) is 2.99. The first kappa shape index (κ1) is 19.5. The number of aliphatic imine (C=N–C) groups is 2. The molecule has 2 heterocycles. The molecule has 0 aliphatic carbocycles. The standard InChI is InChI=1S/C14H14ClN5O2.C2H6/c1-4-17-5-9(16-3)7-20-13-11(8(2)19-20)12(15)10(6-18-13)14(21)22;1-2/h4-6H,3,7H2,1-2H3,(H,21,22);1-2H3/b9-5-,17-4?;. The summed E-state index contributed by atoms with van der Waals surface area (Å²) in [4.78, 5) is 23.2. The van der Waals surface area contributed by atoms with Crippen molar-refractivity contribution in [3.63, 3.8) is 0 Å². The van der Waals surface area contributed by atoms with Crippen LogP contribution >= 0.6 is 11.6 Å². The van der Waals surface area contributed by atoms with E-state index in [2.05, 4.69) is 26.8 Å². The summed E-state index contributed by atoms with van der Waals surface area (Å²) in [6.07, 6.45) is 4.43. The second kappa shape index (κ2) is 8.93. The molecule has 1 N–H and O–H groups in total. The van der Waals surface area contributed by atoms with Crippen LogP contribution in [-0.2, 0) is 6.54 Å². The highest BCUT2D eigenvalue weighted by Gasteiger charge is 2.19. The highest BCUT2D eigenvalue weighted by atomic mass is 35.5. The van der Waals surface area contributed by atoms with Crippen molar-refractivity contribution >= 4 is 41.5 Å². The first-order chi connectivity index (χ1) is 11.5. The van der Waals surface area contributed by atoms with Crippen LogP contribution in [0.15, 0.2) is 28.1 Å². The molecule has 128 valence electrons. The van der Waals surface area contributed by atoms with Crippen molar-refractivity contribution in [1.29, 1.82) is 0 Å². The third-order valence-corrected chi connectivity index (χ3v) is 3.38. The average Bonchev–Trinajstić information content (AvgIpc) is 2.89.